The zero-order valence-electron chi connectivity index (χ0n) is 23.6. The van der Waals surface area contributed by atoms with Gasteiger partial charge in [0.25, 0.3) is 0 Å². The number of likely N-dealkylation sites (N-methyl/N-ethyl adjacent to an activating group) is 1. The van der Waals surface area contributed by atoms with Crippen molar-refractivity contribution in [1.82, 2.24) is 0 Å². The molecule has 0 amide bonds. The van der Waals surface area contributed by atoms with Gasteiger partial charge in [0.1, 0.15) is 6.54 Å². The lowest BCUT2D eigenvalue weighted by atomic mass is 10.1. The minimum atomic E-state index is -4.56. The van der Waals surface area contributed by atoms with Crippen molar-refractivity contribution in [1.29, 1.82) is 0 Å². The van der Waals surface area contributed by atoms with Crippen LogP contribution in [0.15, 0.2) is 24.3 Å². The van der Waals surface area contributed by atoms with Gasteiger partial charge in [-0.25, -0.2) is 0 Å². The fourth-order valence-corrected chi connectivity index (χ4v) is 5.57. The number of hydrogen-bond donors (Lipinski definition) is 3. The third-order valence-corrected chi connectivity index (χ3v) is 7.97. The van der Waals surface area contributed by atoms with E-state index >= 15 is 0 Å². The van der Waals surface area contributed by atoms with E-state index in [0.717, 1.165) is 44.9 Å². The molecule has 0 radical (unpaired) electrons. The zero-order valence-corrected chi connectivity index (χ0v) is 24.5. The molecule has 208 valence electrons. The molecule has 0 aromatic carbocycles. The van der Waals surface area contributed by atoms with Crippen LogP contribution in [0.5, 0.6) is 0 Å². The molecular weight excluding hydrogens is 457 g/mol. The van der Waals surface area contributed by atoms with Crippen molar-refractivity contribution >= 4 is 7.60 Å². The second-order valence-corrected chi connectivity index (χ2v) is 13.3. The van der Waals surface area contributed by atoms with Gasteiger partial charge in [-0.2, -0.15) is 0 Å². The Morgan fingerprint density at radius 2 is 1.00 bits per heavy atom. The summed E-state index contributed by atoms with van der Waals surface area (Å²) in [5, 5.41) is 8.64. The van der Waals surface area contributed by atoms with Crippen LogP contribution in [0, 0.1) is 0 Å². The quantitative estimate of drug-likeness (QED) is 0.0524. The van der Waals surface area contributed by atoms with Crippen LogP contribution in [0.2, 0.25) is 0 Å². The van der Waals surface area contributed by atoms with Crippen LogP contribution in [0.4, 0.5) is 0 Å². The van der Waals surface area contributed by atoms with E-state index in [-0.39, 0.29) is 13.0 Å². The van der Waals surface area contributed by atoms with Gasteiger partial charge in [0.2, 0.25) is 5.34 Å². The molecule has 0 aromatic rings. The minimum Gasteiger partial charge on any atom is -0.373 e. The summed E-state index contributed by atoms with van der Waals surface area (Å²) in [6.07, 6.45) is 31.3. The average molecular weight is 517 g/mol. The largest absolute Gasteiger partial charge is 0.373 e. The van der Waals surface area contributed by atoms with Crippen molar-refractivity contribution in [3.8, 4) is 0 Å². The molecule has 0 rings (SSSR count). The van der Waals surface area contributed by atoms with Gasteiger partial charge in [-0.1, -0.05) is 102 Å². The van der Waals surface area contributed by atoms with Crippen LogP contribution in [-0.2, 0) is 4.57 Å². The van der Waals surface area contributed by atoms with E-state index in [0.29, 0.717) is 10.9 Å². The predicted molar refractivity (Wildman–Crippen MR) is 152 cm³/mol. The molecule has 1 atom stereocenters. The summed E-state index contributed by atoms with van der Waals surface area (Å²) in [6.45, 7) is 2.32. The first-order chi connectivity index (χ1) is 16.5. The fourth-order valence-electron chi connectivity index (χ4n) is 4.51. The third kappa shape index (κ3) is 21.4. The van der Waals surface area contributed by atoms with E-state index in [4.69, 9.17) is 0 Å². The van der Waals surface area contributed by atoms with E-state index in [1.807, 2.05) is 21.1 Å². The lowest BCUT2D eigenvalue weighted by molar-refractivity contribution is -0.875. The maximum atomic E-state index is 11.8. The second kappa shape index (κ2) is 20.6. The Balaban J connectivity index is 3.61. The minimum absolute atomic E-state index is 0.0521. The van der Waals surface area contributed by atoms with E-state index in [1.165, 1.54) is 64.2 Å². The van der Waals surface area contributed by atoms with Gasteiger partial charge in [0, 0.05) is 0 Å². The number of unbranched alkanes of at least 4 members (excludes halogenated alkanes) is 15. The Morgan fingerprint density at radius 1 is 0.629 bits per heavy atom. The third-order valence-electron chi connectivity index (χ3n) is 6.53. The summed E-state index contributed by atoms with van der Waals surface area (Å²) in [4.78, 5) is 19.2. The molecule has 0 saturated heterocycles. The van der Waals surface area contributed by atoms with Crippen LogP contribution in [0.1, 0.15) is 129 Å². The molecule has 0 aliphatic rings. The van der Waals surface area contributed by atoms with Gasteiger partial charge >= 0.3 is 7.60 Å². The zero-order chi connectivity index (χ0) is 26.5. The maximum absolute atomic E-state index is 11.8. The first kappa shape index (κ1) is 34.6. The van der Waals surface area contributed by atoms with Crippen molar-refractivity contribution in [3.05, 3.63) is 24.3 Å². The molecule has 5 nitrogen and oxygen atoms in total. The molecule has 1 unspecified atom stereocenters. The number of hydrogen-bond acceptors (Lipinski definition) is 2. The highest BCUT2D eigenvalue weighted by Crippen LogP contribution is 2.52. The first-order valence-electron chi connectivity index (χ1n) is 14.4. The molecule has 35 heavy (non-hydrogen) atoms. The topological polar surface area (TPSA) is 77.8 Å². The van der Waals surface area contributed by atoms with E-state index < -0.39 is 12.9 Å². The monoisotopic (exact) mass is 516 g/mol. The summed E-state index contributed by atoms with van der Waals surface area (Å²) in [5.74, 6) is 0. The molecule has 0 bridgehead atoms. The molecule has 0 aromatic heterocycles. The maximum Gasteiger partial charge on any atom is 0.362 e. The van der Waals surface area contributed by atoms with Crippen molar-refractivity contribution in [3.63, 3.8) is 0 Å². The smallest absolute Gasteiger partial charge is 0.362 e. The van der Waals surface area contributed by atoms with Crippen LogP contribution in [-0.4, -0.2) is 52.4 Å². The van der Waals surface area contributed by atoms with Crippen molar-refractivity contribution < 1.29 is 23.9 Å². The van der Waals surface area contributed by atoms with Crippen LogP contribution in [0.3, 0.4) is 0 Å². The molecular formula is C29H59NO4P+. The van der Waals surface area contributed by atoms with E-state index in [2.05, 4.69) is 31.2 Å². The highest BCUT2D eigenvalue weighted by Gasteiger charge is 2.48. The predicted octanol–water partition coefficient (Wildman–Crippen LogP) is 8.10. The summed E-state index contributed by atoms with van der Waals surface area (Å²) in [5.41, 5.74) is 0. The second-order valence-electron chi connectivity index (χ2n) is 11.4. The molecule has 0 aliphatic carbocycles. The number of quaternary nitrogens is 1. The molecule has 3 N–H and O–H groups in total. The number of nitrogens with zero attached hydrogens (tertiary/aromatic N) is 1. The highest BCUT2D eigenvalue weighted by molar-refractivity contribution is 7.53. The number of allylic oxidation sites excluding steroid dienone is 4. The summed E-state index contributed by atoms with van der Waals surface area (Å²) in [7, 11) is 0.954. The molecule has 0 fully saturated rings. The molecule has 0 saturated carbocycles. The lowest BCUT2D eigenvalue weighted by Crippen LogP contribution is -2.49. The summed E-state index contributed by atoms with van der Waals surface area (Å²) >= 11 is 0. The standard InChI is InChI=1S/C29H58NO4P/c1-5-6-7-8-9-10-11-12-13-14-15-16-17-18-19-20-21-22-23-24-25-26-27-29(31,35(32,33)34)28-30(2,3)4/h15-16,19-20,31H,5-14,17-18,21-28H2,1-4H3,(H-,32,33,34)/p+1/b16-15-,20-19-. The van der Waals surface area contributed by atoms with Crippen molar-refractivity contribution in [2.45, 2.75) is 134 Å². The van der Waals surface area contributed by atoms with E-state index in [9.17, 15) is 19.5 Å². The Kier molecular flexibility index (Phi) is 20.3. The van der Waals surface area contributed by atoms with Crippen LogP contribution < -0.4 is 0 Å². The molecule has 6 heteroatoms. The fraction of sp³-hybridized carbons (Fsp3) is 0.862. The van der Waals surface area contributed by atoms with Gasteiger partial charge in [-0.15, -0.1) is 0 Å². The number of aliphatic hydroxyl groups is 1. The highest BCUT2D eigenvalue weighted by atomic mass is 31.2. The van der Waals surface area contributed by atoms with Crippen LogP contribution >= 0.6 is 7.60 Å². The Labute approximate surface area is 217 Å². The van der Waals surface area contributed by atoms with E-state index in [1.54, 1.807) is 0 Å². The average Bonchev–Trinajstić information content (AvgIpc) is 2.75. The number of rotatable bonds is 24. The van der Waals surface area contributed by atoms with Gasteiger partial charge < -0.3 is 19.4 Å². The SMILES string of the molecule is CCCCCCCCCCC/C=C\CC/C=C\CCCCCCCC(O)(C[N+](C)(C)C)P(=O)(O)O. The molecule has 0 aliphatic heterocycles. The molecule has 0 spiro atoms. The van der Waals surface area contributed by atoms with Crippen molar-refractivity contribution in [2.75, 3.05) is 27.7 Å². The van der Waals surface area contributed by atoms with Crippen LogP contribution in [0.25, 0.3) is 0 Å². The Hall–Kier alpha value is -0.450. The Bertz CT molecular complexity index is 594. The lowest BCUT2D eigenvalue weighted by Gasteiger charge is -2.35. The van der Waals surface area contributed by atoms with Crippen molar-refractivity contribution in [2.24, 2.45) is 0 Å². The summed E-state index contributed by atoms with van der Waals surface area (Å²) in [6, 6.07) is 0. The van der Waals surface area contributed by atoms with Gasteiger partial charge in [0.15, 0.2) is 0 Å². The summed E-state index contributed by atoms with van der Waals surface area (Å²) < 4.78 is 12.1. The Morgan fingerprint density at radius 3 is 1.40 bits per heavy atom. The van der Waals surface area contributed by atoms with Gasteiger partial charge in [-0.05, 0) is 51.4 Å². The molecule has 0 heterocycles. The normalized spacial score (nSPS) is 14.8. The van der Waals surface area contributed by atoms with Gasteiger partial charge in [0.05, 0.1) is 21.1 Å². The van der Waals surface area contributed by atoms with Gasteiger partial charge in [-0.3, -0.25) is 4.57 Å². The first-order valence-corrected chi connectivity index (χ1v) is 16.0.